The largest absolute Gasteiger partial charge is 0.514 e. The molecule has 0 saturated heterocycles. The van der Waals surface area contributed by atoms with Crippen molar-refractivity contribution >= 4 is 47.4 Å². The van der Waals surface area contributed by atoms with E-state index in [9.17, 15) is 38.9 Å². The summed E-state index contributed by atoms with van der Waals surface area (Å²) in [4.78, 5) is 89.3. The Morgan fingerprint density at radius 1 is 0.904 bits per heavy atom. The van der Waals surface area contributed by atoms with E-state index in [1.54, 1.807) is 45.0 Å². The predicted octanol–water partition coefficient (Wildman–Crippen LogP) is 3.17. The van der Waals surface area contributed by atoms with Crippen LogP contribution in [0.3, 0.4) is 0 Å². The molecule has 284 valence electrons. The lowest BCUT2D eigenvalue weighted by Crippen LogP contribution is -2.53. The normalized spacial score (nSPS) is 12.0. The van der Waals surface area contributed by atoms with Crippen molar-refractivity contribution in [3.63, 3.8) is 0 Å². The van der Waals surface area contributed by atoms with Gasteiger partial charge >= 0.3 is 18.3 Å². The Morgan fingerprint density at radius 3 is 2.13 bits per heavy atom. The summed E-state index contributed by atoms with van der Waals surface area (Å²) in [6.45, 7) is 7.96. The second-order valence-electron chi connectivity index (χ2n) is 12.7. The number of nitrogens with one attached hydrogen (secondary N) is 5. The number of benzene rings is 2. The maximum absolute atomic E-state index is 13.4. The molecule has 19 heteroatoms. The zero-order valence-corrected chi connectivity index (χ0v) is 29.5. The first-order chi connectivity index (χ1) is 24.4. The molecule has 0 aliphatic rings. The SMILES string of the molecule is CC(C)C[C@H](NC(=O)CONC(=O)OC(C)(C)C)C(=O)N[C@@H](CCCNC(N)=O)C(=O)Nc1ccc(COC(=O)Oc2ccc([N+](=O)[O-])cc2)cc1. The van der Waals surface area contributed by atoms with Gasteiger partial charge in [0.15, 0.2) is 6.61 Å². The molecule has 2 aromatic rings. The van der Waals surface area contributed by atoms with Crippen LogP contribution in [0.15, 0.2) is 48.5 Å². The number of carbonyl (C=O) groups excluding carboxylic acids is 6. The fraction of sp³-hybridized carbons (Fsp3) is 0.455. The standard InChI is InChI=1S/C33H45N7O12/c1-20(2)17-26(37-27(41)19-50-39-31(45)52-33(3,4)5)29(43)38-25(7-6-16-35-30(34)44)28(42)36-22-10-8-21(9-11-22)18-49-32(46)51-24-14-12-23(13-15-24)40(47)48/h8-15,20,25-26H,6-7,16-19H2,1-5H3,(H,36,42)(H,37,41)(H,38,43)(H,39,45)(H3,34,35,44)/t25-,26-/m0/s1. The first kappa shape index (κ1) is 42.2. The number of primary amides is 1. The monoisotopic (exact) mass is 731 g/mol. The zero-order chi connectivity index (χ0) is 38.8. The summed E-state index contributed by atoms with van der Waals surface area (Å²) in [6, 6.07) is 8.18. The molecule has 0 unspecified atom stereocenters. The molecule has 0 saturated carbocycles. The summed E-state index contributed by atoms with van der Waals surface area (Å²) in [5.41, 5.74) is 7.05. The van der Waals surface area contributed by atoms with Crippen molar-refractivity contribution in [3.05, 3.63) is 64.2 Å². The molecule has 7 N–H and O–H groups in total. The summed E-state index contributed by atoms with van der Waals surface area (Å²) < 4.78 is 15.1. The lowest BCUT2D eigenvalue weighted by atomic mass is 10.0. The van der Waals surface area contributed by atoms with Crippen molar-refractivity contribution < 1.29 is 52.7 Å². The number of hydrogen-bond donors (Lipinski definition) is 6. The fourth-order valence-electron chi connectivity index (χ4n) is 4.27. The van der Waals surface area contributed by atoms with Gasteiger partial charge in [-0.3, -0.25) is 29.3 Å². The third-order valence-corrected chi connectivity index (χ3v) is 6.55. The highest BCUT2D eigenvalue weighted by molar-refractivity contribution is 5.98. The molecule has 0 aromatic heterocycles. The molecule has 0 fully saturated rings. The van der Waals surface area contributed by atoms with E-state index in [4.69, 9.17) is 24.8 Å². The Hall–Kier alpha value is -5.98. The number of nitro groups is 1. The van der Waals surface area contributed by atoms with Gasteiger partial charge in [-0.2, -0.15) is 5.48 Å². The third kappa shape index (κ3) is 17.1. The number of ether oxygens (including phenoxy) is 3. The molecule has 52 heavy (non-hydrogen) atoms. The lowest BCUT2D eigenvalue weighted by Gasteiger charge is -2.24. The zero-order valence-electron chi connectivity index (χ0n) is 29.5. The molecule has 6 amide bonds. The topological polar surface area (TPSA) is 269 Å². The number of amides is 6. The number of nitrogens with two attached hydrogens (primary N) is 1. The van der Waals surface area contributed by atoms with Crippen molar-refractivity contribution in [2.24, 2.45) is 11.7 Å². The lowest BCUT2D eigenvalue weighted by molar-refractivity contribution is -0.384. The van der Waals surface area contributed by atoms with Gasteiger partial charge in [-0.1, -0.05) is 26.0 Å². The summed E-state index contributed by atoms with van der Waals surface area (Å²) in [5.74, 6) is -1.95. The van der Waals surface area contributed by atoms with Crippen LogP contribution in [0, 0.1) is 16.0 Å². The van der Waals surface area contributed by atoms with Crippen molar-refractivity contribution in [3.8, 4) is 5.75 Å². The number of urea groups is 1. The quantitative estimate of drug-likeness (QED) is 0.0424. The second-order valence-corrected chi connectivity index (χ2v) is 12.7. The highest BCUT2D eigenvalue weighted by atomic mass is 16.7. The molecule has 0 aliphatic carbocycles. The molecule has 0 heterocycles. The van der Waals surface area contributed by atoms with Crippen molar-refractivity contribution in [2.45, 2.75) is 78.2 Å². The van der Waals surface area contributed by atoms with Gasteiger partial charge in [0.1, 0.15) is 30.0 Å². The summed E-state index contributed by atoms with van der Waals surface area (Å²) in [7, 11) is 0. The van der Waals surface area contributed by atoms with Crippen LogP contribution in [0.1, 0.15) is 59.4 Å². The Bertz CT molecular complexity index is 1540. The van der Waals surface area contributed by atoms with Crippen LogP contribution in [0.5, 0.6) is 5.75 Å². The Labute approximate surface area is 299 Å². The molecule has 2 rings (SSSR count). The van der Waals surface area contributed by atoms with Gasteiger partial charge in [0.25, 0.3) is 5.69 Å². The molecular weight excluding hydrogens is 686 g/mol. The van der Waals surface area contributed by atoms with Crippen LogP contribution in [0.2, 0.25) is 0 Å². The number of hydroxylamine groups is 1. The van der Waals surface area contributed by atoms with Gasteiger partial charge in [0.2, 0.25) is 17.7 Å². The van der Waals surface area contributed by atoms with Crippen LogP contribution in [-0.4, -0.2) is 71.8 Å². The molecule has 0 radical (unpaired) electrons. The fourth-order valence-corrected chi connectivity index (χ4v) is 4.27. The summed E-state index contributed by atoms with van der Waals surface area (Å²) >= 11 is 0. The number of carbonyl (C=O) groups is 6. The molecule has 0 aliphatic heterocycles. The van der Waals surface area contributed by atoms with E-state index in [2.05, 4.69) is 21.3 Å². The first-order valence-electron chi connectivity index (χ1n) is 16.1. The van der Waals surface area contributed by atoms with Crippen LogP contribution in [0.25, 0.3) is 0 Å². The van der Waals surface area contributed by atoms with Crippen molar-refractivity contribution in [2.75, 3.05) is 18.5 Å². The van der Waals surface area contributed by atoms with Gasteiger partial charge < -0.3 is 41.2 Å². The minimum absolute atomic E-state index is 0.0458. The van der Waals surface area contributed by atoms with Crippen LogP contribution < -0.4 is 37.2 Å². The van der Waals surface area contributed by atoms with Crippen LogP contribution >= 0.6 is 0 Å². The number of non-ortho nitro benzene ring substituents is 1. The Balaban J connectivity index is 2.01. The Morgan fingerprint density at radius 2 is 1.56 bits per heavy atom. The second kappa shape index (κ2) is 20.6. The minimum Gasteiger partial charge on any atom is -0.442 e. The summed E-state index contributed by atoms with van der Waals surface area (Å²) in [6.07, 6.45) is -1.38. The van der Waals surface area contributed by atoms with Crippen molar-refractivity contribution in [1.82, 2.24) is 21.4 Å². The van der Waals surface area contributed by atoms with Gasteiger partial charge in [-0.05, 0) is 75.8 Å². The number of anilines is 1. The first-order valence-corrected chi connectivity index (χ1v) is 16.1. The predicted molar refractivity (Wildman–Crippen MR) is 184 cm³/mol. The van der Waals surface area contributed by atoms with Crippen LogP contribution in [-0.2, 0) is 35.3 Å². The maximum Gasteiger partial charge on any atom is 0.514 e. The van der Waals surface area contributed by atoms with E-state index >= 15 is 0 Å². The van der Waals surface area contributed by atoms with Gasteiger partial charge in [0.05, 0.1) is 4.92 Å². The highest BCUT2D eigenvalue weighted by Crippen LogP contribution is 2.18. The molecule has 19 nitrogen and oxygen atoms in total. The van der Waals surface area contributed by atoms with E-state index in [1.807, 2.05) is 19.3 Å². The molecule has 2 aromatic carbocycles. The molecular formula is C33H45N7O12. The van der Waals surface area contributed by atoms with Gasteiger partial charge in [0, 0.05) is 24.4 Å². The van der Waals surface area contributed by atoms with E-state index in [0.717, 1.165) is 0 Å². The minimum atomic E-state index is -1.10. The molecule has 0 spiro atoms. The van der Waals surface area contributed by atoms with Gasteiger partial charge in [-0.15, -0.1) is 0 Å². The summed E-state index contributed by atoms with van der Waals surface area (Å²) in [5, 5.41) is 21.1. The highest BCUT2D eigenvalue weighted by Gasteiger charge is 2.28. The van der Waals surface area contributed by atoms with Crippen LogP contribution in [0.4, 0.5) is 25.8 Å². The van der Waals surface area contributed by atoms with E-state index in [0.29, 0.717) is 11.3 Å². The third-order valence-electron chi connectivity index (χ3n) is 6.55. The number of hydrogen-bond acceptors (Lipinski definition) is 12. The number of rotatable bonds is 18. The van der Waals surface area contributed by atoms with E-state index < -0.39 is 65.2 Å². The van der Waals surface area contributed by atoms with E-state index in [-0.39, 0.29) is 49.8 Å². The van der Waals surface area contributed by atoms with E-state index in [1.165, 1.54) is 24.3 Å². The number of nitrogens with zero attached hydrogens (tertiary/aromatic N) is 1. The average Bonchev–Trinajstić information content (AvgIpc) is 3.04. The van der Waals surface area contributed by atoms with Gasteiger partial charge in [-0.25, -0.2) is 14.4 Å². The average molecular weight is 732 g/mol. The molecule has 2 atom stereocenters. The maximum atomic E-state index is 13.4. The number of nitro benzene ring substituents is 1. The Kier molecular flexibility index (Phi) is 16.7. The van der Waals surface area contributed by atoms with Crippen molar-refractivity contribution in [1.29, 1.82) is 0 Å². The smallest absolute Gasteiger partial charge is 0.442 e. The molecule has 0 bridgehead atoms.